The Morgan fingerprint density at radius 1 is 1.15 bits per heavy atom. The van der Waals surface area contributed by atoms with Gasteiger partial charge in [0.25, 0.3) is 5.91 Å². The Balaban J connectivity index is 2.79. The number of aryl methyl sites for hydroxylation is 1. The number of unbranched alkanes of at least 4 members (excludes halogenated alkanes) is 2. The van der Waals surface area contributed by atoms with Crippen molar-refractivity contribution in [2.75, 3.05) is 13.1 Å². The van der Waals surface area contributed by atoms with Crippen LogP contribution in [-0.4, -0.2) is 23.9 Å². The second-order valence-corrected chi connectivity index (χ2v) is 6.69. The van der Waals surface area contributed by atoms with Gasteiger partial charge in [0, 0.05) is 19.3 Å². The van der Waals surface area contributed by atoms with Crippen molar-refractivity contribution in [3.05, 3.63) is 47.2 Å². The van der Waals surface area contributed by atoms with E-state index in [0.717, 1.165) is 50.8 Å². The highest BCUT2D eigenvalue weighted by atomic mass is 16.1. The highest BCUT2D eigenvalue weighted by Crippen LogP contribution is 2.14. The lowest BCUT2D eigenvalue weighted by Gasteiger charge is -2.21. The zero-order valence-corrected chi connectivity index (χ0v) is 16.7. The number of hydrogen-bond donors (Lipinski definition) is 1. The van der Waals surface area contributed by atoms with E-state index in [4.69, 9.17) is 0 Å². The van der Waals surface area contributed by atoms with Crippen LogP contribution >= 0.6 is 0 Å². The van der Waals surface area contributed by atoms with Gasteiger partial charge in [0.05, 0.1) is 6.04 Å². The minimum atomic E-state index is -0.308. The number of nitrogens with one attached hydrogen (secondary N) is 1. The Kier molecular flexibility index (Phi) is 10.2. The van der Waals surface area contributed by atoms with E-state index in [1.165, 1.54) is 5.56 Å². The molecule has 4 heteroatoms. The lowest BCUT2D eigenvalue weighted by Crippen LogP contribution is -2.29. The average molecular weight is 356 g/mol. The Morgan fingerprint density at radius 3 is 2.19 bits per heavy atom. The van der Waals surface area contributed by atoms with Gasteiger partial charge in [-0.2, -0.15) is 5.26 Å². The summed E-state index contributed by atoms with van der Waals surface area (Å²) >= 11 is 0. The van der Waals surface area contributed by atoms with Crippen molar-refractivity contribution in [1.82, 2.24) is 10.2 Å². The normalized spacial score (nSPS) is 12.3. The number of carbonyl (C=O) groups is 1. The van der Waals surface area contributed by atoms with E-state index in [0.29, 0.717) is 0 Å². The van der Waals surface area contributed by atoms with Crippen LogP contribution in [0.1, 0.15) is 70.5 Å². The molecule has 0 heterocycles. The first-order valence-electron chi connectivity index (χ1n) is 9.81. The first-order chi connectivity index (χ1) is 12.5. The molecule has 0 aliphatic heterocycles. The van der Waals surface area contributed by atoms with Crippen LogP contribution in [0.15, 0.2) is 36.0 Å². The molecule has 26 heavy (non-hydrogen) atoms. The summed E-state index contributed by atoms with van der Waals surface area (Å²) in [5.74, 6) is -0.308. The molecule has 0 aliphatic carbocycles. The number of benzene rings is 1. The van der Waals surface area contributed by atoms with Gasteiger partial charge in [0.15, 0.2) is 0 Å². The van der Waals surface area contributed by atoms with Crippen LogP contribution in [0.4, 0.5) is 0 Å². The van der Waals surface area contributed by atoms with E-state index in [1.807, 2.05) is 19.1 Å². The van der Waals surface area contributed by atoms with Crippen molar-refractivity contribution < 1.29 is 4.79 Å². The highest BCUT2D eigenvalue weighted by Gasteiger charge is 2.15. The zero-order valence-electron chi connectivity index (χ0n) is 16.7. The predicted octanol–water partition coefficient (Wildman–Crippen LogP) is 4.74. The van der Waals surface area contributed by atoms with Crippen LogP contribution in [0.25, 0.3) is 0 Å². The molecule has 1 amide bonds. The molecule has 1 aromatic carbocycles. The number of rotatable bonds is 11. The maximum atomic E-state index is 12.5. The number of nitriles is 1. The summed E-state index contributed by atoms with van der Waals surface area (Å²) in [6.45, 7) is 10.1. The van der Waals surface area contributed by atoms with Crippen molar-refractivity contribution in [3.8, 4) is 6.07 Å². The third-order valence-corrected chi connectivity index (χ3v) is 4.51. The maximum absolute atomic E-state index is 12.5. The lowest BCUT2D eigenvalue weighted by atomic mass is 10.0. The van der Waals surface area contributed by atoms with Gasteiger partial charge in [-0.3, -0.25) is 4.79 Å². The summed E-state index contributed by atoms with van der Waals surface area (Å²) < 4.78 is 0. The van der Waals surface area contributed by atoms with Gasteiger partial charge >= 0.3 is 0 Å². The molecule has 0 saturated heterocycles. The Bertz CT molecular complexity index is 605. The molecule has 0 saturated carbocycles. The fourth-order valence-electron chi connectivity index (χ4n) is 2.68. The molecule has 1 unspecified atom stereocenters. The number of amides is 1. The molecule has 0 radical (unpaired) electrons. The third kappa shape index (κ3) is 7.31. The van der Waals surface area contributed by atoms with Crippen LogP contribution in [0.3, 0.4) is 0 Å². The van der Waals surface area contributed by atoms with E-state index in [-0.39, 0.29) is 17.5 Å². The molecule has 1 N–H and O–H groups in total. The van der Waals surface area contributed by atoms with Gasteiger partial charge in [0.2, 0.25) is 0 Å². The van der Waals surface area contributed by atoms with Crippen molar-refractivity contribution in [2.24, 2.45) is 0 Å². The van der Waals surface area contributed by atoms with Gasteiger partial charge in [-0.25, -0.2) is 0 Å². The number of nitrogens with zero attached hydrogens (tertiary/aromatic N) is 2. The van der Waals surface area contributed by atoms with Crippen LogP contribution in [-0.2, 0) is 11.2 Å². The van der Waals surface area contributed by atoms with E-state index in [9.17, 15) is 10.1 Å². The SMILES string of the molecule is CCCCN(/C=C(/C#N)C(=O)NC(C)c1ccc(CC)cc1)CCCC. The molecular weight excluding hydrogens is 322 g/mol. The summed E-state index contributed by atoms with van der Waals surface area (Å²) in [7, 11) is 0. The molecule has 0 spiro atoms. The molecule has 0 aliphatic rings. The minimum Gasteiger partial charge on any atom is -0.376 e. The standard InChI is InChI=1S/C22H33N3O/c1-5-8-14-25(15-9-6-2)17-21(16-23)22(26)24-18(4)20-12-10-19(7-3)11-13-20/h10-13,17-18H,5-9,14-15H2,1-4H3,(H,24,26)/b21-17-. The highest BCUT2D eigenvalue weighted by molar-refractivity contribution is 5.97. The van der Waals surface area contributed by atoms with E-state index >= 15 is 0 Å². The van der Waals surface area contributed by atoms with E-state index < -0.39 is 0 Å². The Hall–Kier alpha value is -2.28. The summed E-state index contributed by atoms with van der Waals surface area (Å²) in [5.41, 5.74) is 2.49. The molecule has 1 atom stereocenters. The lowest BCUT2D eigenvalue weighted by molar-refractivity contribution is -0.117. The number of carbonyl (C=O) groups excluding carboxylic acids is 1. The van der Waals surface area contributed by atoms with Crippen LogP contribution < -0.4 is 5.32 Å². The summed E-state index contributed by atoms with van der Waals surface area (Å²) in [4.78, 5) is 14.6. The molecule has 4 nitrogen and oxygen atoms in total. The zero-order chi connectivity index (χ0) is 19.4. The third-order valence-electron chi connectivity index (χ3n) is 4.51. The van der Waals surface area contributed by atoms with E-state index in [1.54, 1.807) is 6.20 Å². The largest absolute Gasteiger partial charge is 0.376 e. The van der Waals surface area contributed by atoms with Crippen LogP contribution in [0.5, 0.6) is 0 Å². The van der Waals surface area contributed by atoms with Crippen molar-refractivity contribution in [1.29, 1.82) is 5.26 Å². The molecule has 1 aromatic rings. The van der Waals surface area contributed by atoms with E-state index in [2.05, 4.69) is 49.2 Å². The summed E-state index contributed by atoms with van der Waals surface area (Å²) in [6.07, 6.45) is 7.02. The van der Waals surface area contributed by atoms with Gasteiger partial charge in [-0.1, -0.05) is 57.9 Å². The average Bonchev–Trinajstić information content (AvgIpc) is 2.67. The molecule has 0 fully saturated rings. The van der Waals surface area contributed by atoms with Crippen molar-refractivity contribution in [2.45, 2.75) is 65.8 Å². The molecule has 0 bridgehead atoms. The second kappa shape index (κ2) is 12.1. The van der Waals surface area contributed by atoms with Crippen LogP contribution in [0.2, 0.25) is 0 Å². The molecule has 0 aromatic heterocycles. The second-order valence-electron chi connectivity index (χ2n) is 6.69. The van der Waals surface area contributed by atoms with Gasteiger partial charge in [0.1, 0.15) is 11.6 Å². The Labute approximate surface area is 158 Å². The van der Waals surface area contributed by atoms with Gasteiger partial charge in [-0.05, 0) is 37.3 Å². The van der Waals surface area contributed by atoms with Crippen molar-refractivity contribution in [3.63, 3.8) is 0 Å². The maximum Gasteiger partial charge on any atom is 0.263 e. The van der Waals surface area contributed by atoms with Crippen molar-refractivity contribution >= 4 is 5.91 Å². The molecule has 1 rings (SSSR count). The summed E-state index contributed by atoms with van der Waals surface area (Å²) in [6, 6.07) is 10.2. The minimum absolute atomic E-state index is 0.134. The molecule has 142 valence electrons. The fraction of sp³-hybridized carbons (Fsp3) is 0.545. The smallest absolute Gasteiger partial charge is 0.263 e. The van der Waals surface area contributed by atoms with Gasteiger partial charge in [-0.15, -0.1) is 0 Å². The topological polar surface area (TPSA) is 56.1 Å². The van der Waals surface area contributed by atoms with Crippen LogP contribution in [0, 0.1) is 11.3 Å². The molecular formula is C22H33N3O. The van der Waals surface area contributed by atoms with Gasteiger partial charge < -0.3 is 10.2 Å². The predicted molar refractivity (Wildman–Crippen MR) is 107 cm³/mol. The Morgan fingerprint density at radius 2 is 1.73 bits per heavy atom. The quantitative estimate of drug-likeness (QED) is 0.461. The monoisotopic (exact) mass is 355 g/mol. The number of hydrogen-bond acceptors (Lipinski definition) is 3. The summed E-state index contributed by atoms with van der Waals surface area (Å²) in [5, 5.41) is 12.4. The fourth-order valence-corrected chi connectivity index (χ4v) is 2.68. The first-order valence-corrected chi connectivity index (χ1v) is 9.81. The first kappa shape index (κ1) is 21.8.